The molecule has 1 aliphatic rings. The van der Waals surface area contributed by atoms with E-state index < -0.39 is 0 Å². The lowest BCUT2D eigenvalue weighted by Gasteiger charge is -2.34. The van der Waals surface area contributed by atoms with E-state index in [2.05, 4.69) is 34.1 Å². The molecule has 1 aliphatic heterocycles. The fourth-order valence-electron chi connectivity index (χ4n) is 3.31. The maximum absolute atomic E-state index is 5.37. The third kappa shape index (κ3) is 4.90. The molecular weight excluding hydrogens is 328 g/mol. The quantitative estimate of drug-likeness (QED) is 0.762. The van der Waals surface area contributed by atoms with Crippen molar-refractivity contribution in [2.45, 2.75) is 13.1 Å². The second kappa shape index (κ2) is 8.92. The molecule has 0 bridgehead atoms. The molecule has 5 heteroatoms. The van der Waals surface area contributed by atoms with E-state index in [4.69, 9.17) is 14.2 Å². The molecule has 0 aromatic heterocycles. The van der Waals surface area contributed by atoms with E-state index in [-0.39, 0.29) is 0 Å². The number of benzene rings is 2. The number of hydrogen-bond acceptors (Lipinski definition) is 5. The summed E-state index contributed by atoms with van der Waals surface area (Å²) >= 11 is 0. The van der Waals surface area contributed by atoms with Crippen molar-refractivity contribution in [3.8, 4) is 17.2 Å². The molecule has 1 saturated heterocycles. The Morgan fingerprint density at radius 2 is 1.08 bits per heavy atom. The van der Waals surface area contributed by atoms with Gasteiger partial charge in [-0.15, -0.1) is 0 Å². The van der Waals surface area contributed by atoms with Crippen molar-refractivity contribution in [1.29, 1.82) is 0 Å². The van der Waals surface area contributed by atoms with Gasteiger partial charge in [0, 0.05) is 45.3 Å². The molecule has 0 amide bonds. The van der Waals surface area contributed by atoms with E-state index in [9.17, 15) is 0 Å². The summed E-state index contributed by atoms with van der Waals surface area (Å²) in [4.78, 5) is 4.99. The van der Waals surface area contributed by atoms with Crippen LogP contribution in [0.25, 0.3) is 0 Å². The van der Waals surface area contributed by atoms with Gasteiger partial charge in [-0.1, -0.05) is 12.1 Å². The number of piperazine rings is 1. The van der Waals surface area contributed by atoms with E-state index in [1.807, 2.05) is 18.2 Å². The van der Waals surface area contributed by atoms with Crippen LogP contribution in [0, 0.1) is 0 Å². The Balaban J connectivity index is 1.52. The first kappa shape index (κ1) is 18.5. The molecule has 0 unspecified atom stereocenters. The number of ether oxygens (including phenoxy) is 3. The summed E-state index contributed by atoms with van der Waals surface area (Å²) in [5.74, 6) is 2.60. The number of nitrogens with zero attached hydrogens (tertiary/aromatic N) is 2. The average Bonchev–Trinajstić information content (AvgIpc) is 2.69. The van der Waals surface area contributed by atoms with Gasteiger partial charge in [-0.05, 0) is 35.4 Å². The predicted molar refractivity (Wildman–Crippen MR) is 103 cm³/mol. The fourth-order valence-corrected chi connectivity index (χ4v) is 3.31. The van der Waals surface area contributed by atoms with E-state index in [1.54, 1.807) is 21.3 Å². The molecule has 1 heterocycles. The molecule has 0 aliphatic carbocycles. The van der Waals surface area contributed by atoms with Crippen LogP contribution < -0.4 is 14.2 Å². The summed E-state index contributed by atoms with van der Waals surface area (Å²) in [5, 5.41) is 0. The van der Waals surface area contributed by atoms with Gasteiger partial charge in [0.25, 0.3) is 0 Å². The smallest absolute Gasteiger partial charge is 0.122 e. The van der Waals surface area contributed by atoms with Crippen LogP contribution in [-0.2, 0) is 13.1 Å². The number of hydrogen-bond donors (Lipinski definition) is 0. The molecular formula is C21H28N2O3. The maximum Gasteiger partial charge on any atom is 0.122 e. The van der Waals surface area contributed by atoms with Crippen LogP contribution in [0.15, 0.2) is 42.5 Å². The average molecular weight is 356 g/mol. The van der Waals surface area contributed by atoms with Gasteiger partial charge < -0.3 is 14.2 Å². The largest absolute Gasteiger partial charge is 0.497 e. The minimum Gasteiger partial charge on any atom is -0.497 e. The highest BCUT2D eigenvalue weighted by Crippen LogP contribution is 2.24. The van der Waals surface area contributed by atoms with Gasteiger partial charge in [0.05, 0.1) is 21.3 Å². The summed E-state index contributed by atoms with van der Waals surface area (Å²) in [5.41, 5.74) is 2.56. The molecule has 0 atom stereocenters. The second-order valence-electron chi connectivity index (χ2n) is 6.62. The minimum absolute atomic E-state index is 0.845. The Kier molecular flexibility index (Phi) is 6.36. The van der Waals surface area contributed by atoms with Crippen LogP contribution in [0.3, 0.4) is 0 Å². The topological polar surface area (TPSA) is 34.2 Å². The molecule has 2 aromatic carbocycles. The first-order valence-corrected chi connectivity index (χ1v) is 9.00. The predicted octanol–water partition coefficient (Wildman–Crippen LogP) is 3.03. The van der Waals surface area contributed by atoms with Gasteiger partial charge in [-0.3, -0.25) is 9.80 Å². The SMILES string of the molecule is COc1ccc(CN2CCN(Cc3cc(OC)cc(OC)c3)CC2)cc1. The van der Waals surface area contributed by atoms with Gasteiger partial charge in [-0.25, -0.2) is 0 Å². The van der Waals surface area contributed by atoms with Crippen LogP contribution in [0.1, 0.15) is 11.1 Å². The first-order chi connectivity index (χ1) is 12.7. The fraction of sp³-hybridized carbons (Fsp3) is 0.429. The molecule has 140 valence electrons. The molecule has 0 radical (unpaired) electrons. The zero-order chi connectivity index (χ0) is 18.4. The van der Waals surface area contributed by atoms with Crippen molar-refractivity contribution in [3.63, 3.8) is 0 Å². The lowest BCUT2D eigenvalue weighted by atomic mass is 10.1. The third-order valence-electron chi connectivity index (χ3n) is 4.85. The second-order valence-corrected chi connectivity index (χ2v) is 6.62. The maximum atomic E-state index is 5.37. The molecule has 0 N–H and O–H groups in total. The summed E-state index contributed by atoms with van der Waals surface area (Å²) in [7, 11) is 5.08. The highest BCUT2D eigenvalue weighted by atomic mass is 16.5. The standard InChI is InChI=1S/C21H28N2O3/c1-24-19-6-4-17(5-7-19)15-22-8-10-23(11-9-22)16-18-12-20(25-2)14-21(13-18)26-3/h4-7,12-14H,8-11,15-16H2,1-3H3. The Bertz CT molecular complexity index is 673. The highest BCUT2D eigenvalue weighted by molar-refractivity contribution is 5.38. The molecule has 3 rings (SSSR count). The Morgan fingerprint density at radius 1 is 0.615 bits per heavy atom. The Morgan fingerprint density at radius 3 is 1.54 bits per heavy atom. The number of methoxy groups -OCH3 is 3. The zero-order valence-electron chi connectivity index (χ0n) is 15.9. The molecule has 0 saturated carbocycles. The van der Waals surface area contributed by atoms with Gasteiger partial charge in [0.2, 0.25) is 0 Å². The zero-order valence-corrected chi connectivity index (χ0v) is 15.9. The molecule has 5 nitrogen and oxygen atoms in total. The van der Waals surface area contributed by atoms with Crippen molar-refractivity contribution in [2.24, 2.45) is 0 Å². The molecule has 0 spiro atoms. The van der Waals surface area contributed by atoms with Crippen LogP contribution >= 0.6 is 0 Å². The van der Waals surface area contributed by atoms with Gasteiger partial charge >= 0.3 is 0 Å². The summed E-state index contributed by atoms with van der Waals surface area (Å²) in [6.07, 6.45) is 0. The van der Waals surface area contributed by atoms with Gasteiger partial charge in [0.1, 0.15) is 17.2 Å². The summed E-state index contributed by atoms with van der Waals surface area (Å²) in [6.45, 7) is 6.19. The highest BCUT2D eigenvalue weighted by Gasteiger charge is 2.17. The minimum atomic E-state index is 0.845. The van der Waals surface area contributed by atoms with E-state index >= 15 is 0 Å². The number of rotatable bonds is 7. The van der Waals surface area contributed by atoms with Gasteiger partial charge in [0.15, 0.2) is 0 Å². The van der Waals surface area contributed by atoms with Crippen LogP contribution in [0.5, 0.6) is 17.2 Å². The van der Waals surface area contributed by atoms with Crippen molar-refractivity contribution >= 4 is 0 Å². The van der Waals surface area contributed by atoms with E-state index in [1.165, 1.54) is 11.1 Å². The van der Waals surface area contributed by atoms with E-state index in [0.29, 0.717) is 0 Å². The van der Waals surface area contributed by atoms with Crippen molar-refractivity contribution in [2.75, 3.05) is 47.5 Å². The lowest BCUT2D eigenvalue weighted by Crippen LogP contribution is -2.45. The first-order valence-electron chi connectivity index (χ1n) is 9.00. The monoisotopic (exact) mass is 356 g/mol. The van der Waals surface area contributed by atoms with Crippen molar-refractivity contribution in [1.82, 2.24) is 9.80 Å². The third-order valence-corrected chi connectivity index (χ3v) is 4.85. The van der Waals surface area contributed by atoms with Crippen LogP contribution in [0.2, 0.25) is 0 Å². The Hall–Kier alpha value is -2.24. The van der Waals surface area contributed by atoms with Gasteiger partial charge in [-0.2, -0.15) is 0 Å². The molecule has 1 fully saturated rings. The van der Waals surface area contributed by atoms with E-state index in [0.717, 1.165) is 56.5 Å². The van der Waals surface area contributed by atoms with Crippen molar-refractivity contribution in [3.05, 3.63) is 53.6 Å². The van der Waals surface area contributed by atoms with Crippen molar-refractivity contribution < 1.29 is 14.2 Å². The summed E-state index contributed by atoms with van der Waals surface area (Å²) in [6, 6.07) is 14.4. The Labute approximate surface area is 156 Å². The molecule has 2 aromatic rings. The van der Waals surface area contributed by atoms with Crippen LogP contribution in [0.4, 0.5) is 0 Å². The molecule has 26 heavy (non-hydrogen) atoms. The lowest BCUT2D eigenvalue weighted by molar-refractivity contribution is 0.122. The summed E-state index contributed by atoms with van der Waals surface area (Å²) < 4.78 is 16.0. The van der Waals surface area contributed by atoms with Crippen LogP contribution in [-0.4, -0.2) is 57.3 Å². The normalized spacial score (nSPS) is 15.7.